The van der Waals surface area contributed by atoms with Gasteiger partial charge in [-0.2, -0.15) is 4.68 Å². The second kappa shape index (κ2) is 11.1. The number of aromatic nitrogens is 8. The van der Waals surface area contributed by atoms with E-state index in [2.05, 4.69) is 30.7 Å². The number of H-pyrrole nitrogens is 1. The summed E-state index contributed by atoms with van der Waals surface area (Å²) in [7, 11) is 0. The fourth-order valence-electron chi connectivity index (χ4n) is 5.11. The standard InChI is InChI=1S/C27H21ClFN9O5/c28-16-3-7-21(37-13-30-34-35-37)19(11-16)15-9-18-6-8-22(38(18)23(39)10-15)25-31-24(32-33-25)14-1-4-17(5-2-14)36(27(42)43)12-20(29)26(40)41/h1-5,7,9-11,13,20,22H,6,8,12H2,(H,40,41)(H,42,43)(H,31,32,33)/t20?,22-/m0/s1. The maximum Gasteiger partial charge on any atom is 0.411 e. The monoisotopic (exact) mass is 605 g/mol. The van der Waals surface area contributed by atoms with Gasteiger partial charge in [-0.05, 0) is 77.4 Å². The lowest BCUT2D eigenvalue weighted by atomic mass is 10.0. The highest BCUT2D eigenvalue weighted by molar-refractivity contribution is 6.31. The largest absolute Gasteiger partial charge is 0.479 e. The highest BCUT2D eigenvalue weighted by atomic mass is 35.5. The van der Waals surface area contributed by atoms with E-state index in [1.54, 1.807) is 34.9 Å². The Balaban J connectivity index is 1.26. The van der Waals surface area contributed by atoms with Crippen molar-refractivity contribution < 1.29 is 24.2 Å². The molecule has 0 radical (unpaired) electrons. The quantitative estimate of drug-likeness (QED) is 0.237. The van der Waals surface area contributed by atoms with Crippen molar-refractivity contribution in [3.63, 3.8) is 0 Å². The van der Waals surface area contributed by atoms with Gasteiger partial charge in [0.1, 0.15) is 6.33 Å². The maximum absolute atomic E-state index is 13.7. The third kappa shape index (κ3) is 5.32. The van der Waals surface area contributed by atoms with Gasteiger partial charge in [0.05, 0.1) is 18.3 Å². The zero-order valence-electron chi connectivity index (χ0n) is 22.0. The second-order valence-electron chi connectivity index (χ2n) is 9.72. The summed E-state index contributed by atoms with van der Waals surface area (Å²) < 4.78 is 16.8. The van der Waals surface area contributed by atoms with Gasteiger partial charge < -0.3 is 19.8 Å². The van der Waals surface area contributed by atoms with Crippen molar-refractivity contribution in [1.82, 2.24) is 40.0 Å². The molecule has 3 N–H and O–H groups in total. The fraction of sp³-hybridized carbons (Fsp3) is 0.185. The van der Waals surface area contributed by atoms with E-state index in [0.29, 0.717) is 56.8 Å². The minimum Gasteiger partial charge on any atom is -0.479 e. The molecule has 0 saturated carbocycles. The number of halogens is 2. The smallest absolute Gasteiger partial charge is 0.411 e. The summed E-state index contributed by atoms with van der Waals surface area (Å²) >= 11 is 6.28. The Kier molecular flexibility index (Phi) is 7.15. The molecular formula is C27H21ClFN9O5. The number of aryl methyl sites for hydroxylation is 1. The van der Waals surface area contributed by atoms with E-state index < -0.39 is 30.8 Å². The zero-order valence-corrected chi connectivity index (χ0v) is 22.8. The SMILES string of the molecule is O=C(O)C(F)CN(C(=O)O)c1ccc(-c2nnc([C@@H]3CCc4cc(-c5cc(Cl)ccc5-n5cnnn5)cc(=O)n43)[nH]2)cc1. The number of fused-ring (bicyclic) bond motifs is 1. The molecule has 3 aromatic heterocycles. The van der Waals surface area contributed by atoms with E-state index in [1.165, 1.54) is 29.2 Å². The number of nitrogens with zero attached hydrogens (tertiary/aromatic N) is 8. The Labute approximate surface area is 246 Å². The van der Waals surface area contributed by atoms with Crippen molar-refractivity contribution in [3.8, 4) is 28.2 Å². The van der Waals surface area contributed by atoms with Crippen molar-refractivity contribution in [2.45, 2.75) is 25.1 Å². The summed E-state index contributed by atoms with van der Waals surface area (Å²) in [5.41, 5.74) is 3.24. The number of alkyl halides is 1. The lowest BCUT2D eigenvalue weighted by Crippen LogP contribution is -2.38. The first kappa shape index (κ1) is 27.7. The normalized spacial score (nSPS) is 14.8. The van der Waals surface area contributed by atoms with Gasteiger partial charge in [0.15, 0.2) is 11.6 Å². The predicted octanol–water partition coefficient (Wildman–Crippen LogP) is 3.37. The summed E-state index contributed by atoms with van der Waals surface area (Å²) in [5, 5.41) is 38.5. The first-order valence-electron chi connectivity index (χ1n) is 12.9. The summed E-state index contributed by atoms with van der Waals surface area (Å²) in [6.07, 6.45) is -1.20. The van der Waals surface area contributed by atoms with Crippen molar-refractivity contribution >= 4 is 29.4 Å². The molecule has 2 aromatic carbocycles. The molecule has 6 rings (SSSR count). The van der Waals surface area contributed by atoms with Crippen LogP contribution in [0, 0.1) is 0 Å². The molecule has 4 heterocycles. The van der Waals surface area contributed by atoms with Crippen molar-refractivity contribution in [1.29, 1.82) is 0 Å². The summed E-state index contributed by atoms with van der Waals surface area (Å²) in [6, 6.07) is 14.2. The number of benzene rings is 2. The average molecular weight is 606 g/mol. The number of amides is 1. The van der Waals surface area contributed by atoms with Crippen LogP contribution in [0.3, 0.4) is 0 Å². The van der Waals surface area contributed by atoms with Gasteiger partial charge in [-0.1, -0.05) is 11.6 Å². The van der Waals surface area contributed by atoms with Gasteiger partial charge in [-0.15, -0.1) is 15.3 Å². The molecule has 2 atom stereocenters. The number of carbonyl (C=O) groups is 2. The average Bonchev–Trinajstić information content (AvgIpc) is 3.77. The van der Waals surface area contributed by atoms with E-state index in [9.17, 15) is 23.9 Å². The molecule has 16 heteroatoms. The Morgan fingerprint density at radius 3 is 2.58 bits per heavy atom. The Hall–Kier alpha value is -5.44. The summed E-state index contributed by atoms with van der Waals surface area (Å²) in [5.74, 6) is -0.904. The molecule has 0 fully saturated rings. The molecule has 0 aliphatic carbocycles. The van der Waals surface area contributed by atoms with Crippen LogP contribution >= 0.6 is 11.6 Å². The Bertz CT molecular complexity index is 1890. The number of pyridine rings is 1. The number of tetrazole rings is 1. The molecule has 1 unspecified atom stereocenters. The molecule has 0 spiro atoms. The van der Waals surface area contributed by atoms with Gasteiger partial charge in [0, 0.05) is 33.6 Å². The maximum atomic E-state index is 13.7. The van der Waals surface area contributed by atoms with Gasteiger partial charge in [-0.25, -0.2) is 14.0 Å². The van der Waals surface area contributed by atoms with E-state index in [-0.39, 0.29) is 11.2 Å². The van der Waals surface area contributed by atoms with Crippen LogP contribution in [-0.2, 0) is 11.2 Å². The molecule has 1 aliphatic rings. The number of nitrogens with one attached hydrogen (secondary N) is 1. The van der Waals surface area contributed by atoms with Gasteiger partial charge in [0.25, 0.3) is 5.56 Å². The Morgan fingerprint density at radius 1 is 1.09 bits per heavy atom. The molecule has 218 valence electrons. The first-order chi connectivity index (χ1) is 20.7. The number of aromatic amines is 1. The van der Waals surface area contributed by atoms with E-state index in [1.807, 2.05) is 6.07 Å². The van der Waals surface area contributed by atoms with Crippen LogP contribution in [0.25, 0.3) is 28.2 Å². The van der Waals surface area contributed by atoms with Crippen molar-refractivity contribution in [3.05, 3.63) is 87.8 Å². The third-order valence-electron chi connectivity index (χ3n) is 7.11. The van der Waals surface area contributed by atoms with Crippen LogP contribution in [0.1, 0.15) is 24.0 Å². The molecular weight excluding hydrogens is 585 g/mol. The van der Waals surface area contributed by atoms with E-state index in [4.69, 9.17) is 16.7 Å². The highest BCUT2D eigenvalue weighted by Crippen LogP contribution is 2.34. The molecule has 5 aromatic rings. The zero-order chi connectivity index (χ0) is 30.2. The molecule has 0 saturated heterocycles. The third-order valence-corrected chi connectivity index (χ3v) is 7.35. The molecule has 1 aliphatic heterocycles. The van der Waals surface area contributed by atoms with Gasteiger partial charge in [-0.3, -0.25) is 9.69 Å². The summed E-state index contributed by atoms with van der Waals surface area (Å²) in [4.78, 5) is 39.6. The Morgan fingerprint density at radius 2 is 1.88 bits per heavy atom. The molecule has 43 heavy (non-hydrogen) atoms. The van der Waals surface area contributed by atoms with Crippen LogP contribution in [0.2, 0.25) is 5.02 Å². The summed E-state index contributed by atoms with van der Waals surface area (Å²) in [6.45, 7) is -0.857. The number of carboxylic acids is 1. The first-order valence-corrected chi connectivity index (χ1v) is 13.3. The molecule has 1 amide bonds. The van der Waals surface area contributed by atoms with Crippen LogP contribution in [0.5, 0.6) is 0 Å². The molecule has 0 bridgehead atoms. The predicted molar refractivity (Wildman–Crippen MR) is 150 cm³/mol. The number of hydrogen-bond acceptors (Lipinski definition) is 8. The number of anilines is 1. The van der Waals surface area contributed by atoms with Gasteiger partial charge >= 0.3 is 12.1 Å². The second-order valence-corrected chi connectivity index (χ2v) is 10.2. The van der Waals surface area contributed by atoms with Crippen molar-refractivity contribution in [2.75, 3.05) is 11.4 Å². The van der Waals surface area contributed by atoms with E-state index in [0.717, 1.165) is 5.69 Å². The number of rotatable bonds is 8. The lowest BCUT2D eigenvalue weighted by molar-refractivity contribution is -0.142. The van der Waals surface area contributed by atoms with Gasteiger partial charge in [0.2, 0.25) is 6.17 Å². The topological polar surface area (TPSA) is 185 Å². The number of carboxylic acid groups (broad SMARTS) is 2. The minimum atomic E-state index is -2.38. The number of hydrogen-bond donors (Lipinski definition) is 3. The highest BCUT2D eigenvalue weighted by Gasteiger charge is 2.29. The van der Waals surface area contributed by atoms with Crippen LogP contribution < -0.4 is 10.5 Å². The van der Waals surface area contributed by atoms with Crippen LogP contribution in [-0.4, -0.2) is 74.9 Å². The van der Waals surface area contributed by atoms with Crippen LogP contribution in [0.15, 0.2) is 65.7 Å². The van der Waals surface area contributed by atoms with Crippen LogP contribution in [0.4, 0.5) is 14.9 Å². The molecule has 14 nitrogen and oxygen atoms in total. The minimum absolute atomic E-state index is 0.0925. The van der Waals surface area contributed by atoms with Crippen molar-refractivity contribution in [2.24, 2.45) is 0 Å². The lowest BCUT2D eigenvalue weighted by Gasteiger charge is -2.20. The fourth-order valence-corrected chi connectivity index (χ4v) is 5.28. The number of aliphatic carboxylic acids is 1. The van der Waals surface area contributed by atoms with E-state index >= 15 is 0 Å².